The van der Waals surface area contributed by atoms with Crippen molar-refractivity contribution >= 4 is 11.9 Å². The number of rotatable bonds is 48. The van der Waals surface area contributed by atoms with Gasteiger partial charge in [0.05, 0.1) is 26.2 Å². The molecule has 1 unspecified atom stereocenters. The molecule has 358 valence electrons. The number of likely N-dealkylation sites (N-methyl/N-ethyl adjacent to an activating group) is 1. The predicted molar refractivity (Wildman–Crippen MR) is 261 cm³/mol. The molecule has 0 saturated heterocycles. The maximum atomic E-state index is 12.7. The fourth-order valence-corrected chi connectivity index (χ4v) is 7.55. The molecule has 1 atom stereocenters. The SMILES string of the molecule is CCCCC/C=C\CC(=O)OCCCCCCCCCCC(CCCCCCCCCC(OC/C=C\CCCCCC)OC/C=C\CCCCCC)CC(=O)OCCN(C)C. The van der Waals surface area contributed by atoms with E-state index in [1.54, 1.807) is 0 Å². The summed E-state index contributed by atoms with van der Waals surface area (Å²) in [6, 6.07) is 0. The van der Waals surface area contributed by atoms with Gasteiger partial charge in [-0.2, -0.15) is 0 Å². The van der Waals surface area contributed by atoms with Crippen molar-refractivity contribution < 1.29 is 28.5 Å². The lowest BCUT2D eigenvalue weighted by Gasteiger charge is -2.17. The molecule has 0 aliphatic rings. The monoisotopic (exact) mass is 860 g/mol. The van der Waals surface area contributed by atoms with Crippen LogP contribution in [0.25, 0.3) is 0 Å². The topological polar surface area (TPSA) is 74.3 Å². The molecule has 0 amide bonds. The van der Waals surface area contributed by atoms with E-state index in [1.165, 1.54) is 148 Å². The molecule has 0 aliphatic carbocycles. The zero-order chi connectivity index (χ0) is 44.5. The summed E-state index contributed by atoms with van der Waals surface area (Å²) >= 11 is 0. The summed E-state index contributed by atoms with van der Waals surface area (Å²) < 4.78 is 23.3. The van der Waals surface area contributed by atoms with E-state index in [4.69, 9.17) is 18.9 Å². The first-order chi connectivity index (χ1) is 29.9. The Balaban J connectivity index is 4.36. The molecule has 0 fully saturated rings. The summed E-state index contributed by atoms with van der Waals surface area (Å²) in [5.74, 6) is 0.294. The van der Waals surface area contributed by atoms with Gasteiger partial charge in [0.25, 0.3) is 0 Å². The van der Waals surface area contributed by atoms with E-state index in [2.05, 4.69) is 56.1 Å². The van der Waals surface area contributed by atoms with Crippen molar-refractivity contribution in [1.29, 1.82) is 0 Å². The van der Waals surface area contributed by atoms with Crippen molar-refractivity contribution in [3.8, 4) is 0 Å². The molecule has 0 rings (SSSR count). The highest BCUT2D eigenvalue weighted by Gasteiger charge is 2.15. The molecule has 0 heterocycles. The Morgan fingerprint density at radius 2 is 0.852 bits per heavy atom. The summed E-state index contributed by atoms with van der Waals surface area (Å²) in [6.07, 6.45) is 52.4. The van der Waals surface area contributed by atoms with Gasteiger partial charge >= 0.3 is 11.9 Å². The Morgan fingerprint density at radius 1 is 0.443 bits per heavy atom. The predicted octanol–water partition coefficient (Wildman–Crippen LogP) is 15.6. The normalized spacial score (nSPS) is 12.6. The summed E-state index contributed by atoms with van der Waals surface area (Å²) in [5.41, 5.74) is 0. The van der Waals surface area contributed by atoms with Crippen LogP contribution < -0.4 is 0 Å². The second-order valence-electron chi connectivity index (χ2n) is 17.9. The standard InChI is InChI=1S/C54H101NO6/c1-6-9-12-15-24-32-39-47-60-54(61-48-40-33-25-16-13-10-7-2)44-37-30-23-20-22-28-35-42-51(50-53(57)59-49-45-55(4)5)41-34-27-21-18-19-26-31-38-46-58-52(56)43-36-29-17-14-11-8-3/h29,32-33,36,39-40,51,54H,6-28,30-31,34-35,37-38,41-50H2,1-5H3/b36-29-,39-32-,40-33-. The maximum absolute atomic E-state index is 12.7. The van der Waals surface area contributed by atoms with Gasteiger partial charge in [-0.15, -0.1) is 0 Å². The molecule has 0 aliphatic heterocycles. The van der Waals surface area contributed by atoms with E-state index in [9.17, 15) is 9.59 Å². The molecule has 7 heteroatoms. The van der Waals surface area contributed by atoms with Crippen molar-refractivity contribution in [2.75, 3.05) is 47.1 Å². The van der Waals surface area contributed by atoms with Crippen LogP contribution in [0.15, 0.2) is 36.5 Å². The Hall–Kier alpha value is -1.96. The molecule has 0 bridgehead atoms. The molecule has 0 spiro atoms. The van der Waals surface area contributed by atoms with Crippen LogP contribution in [0, 0.1) is 5.92 Å². The zero-order valence-corrected chi connectivity index (χ0v) is 41.1. The van der Waals surface area contributed by atoms with E-state index >= 15 is 0 Å². The summed E-state index contributed by atoms with van der Waals surface area (Å²) in [4.78, 5) is 26.6. The van der Waals surface area contributed by atoms with Crippen LogP contribution >= 0.6 is 0 Å². The van der Waals surface area contributed by atoms with Gasteiger partial charge in [0.2, 0.25) is 0 Å². The van der Waals surface area contributed by atoms with E-state index in [-0.39, 0.29) is 18.2 Å². The fourth-order valence-electron chi connectivity index (χ4n) is 7.55. The second-order valence-corrected chi connectivity index (χ2v) is 17.9. The van der Waals surface area contributed by atoms with Gasteiger partial charge in [0.15, 0.2) is 6.29 Å². The Bertz CT molecular complexity index is 983. The third kappa shape index (κ3) is 47.4. The fraction of sp³-hybridized carbons (Fsp3) is 0.852. The number of carbonyl (C=O) groups is 2. The van der Waals surface area contributed by atoms with Gasteiger partial charge in [-0.1, -0.05) is 192 Å². The first-order valence-corrected chi connectivity index (χ1v) is 26.1. The van der Waals surface area contributed by atoms with Crippen LogP contribution in [0.2, 0.25) is 0 Å². The average molecular weight is 860 g/mol. The zero-order valence-electron chi connectivity index (χ0n) is 41.1. The molecule has 0 aromatic rings. The Kier molecular flexibility index (Phi) is 47.5. The quantitative estimate of drug-likeness (QED) is 0.0261. The van der Waals surface area contributed by atoms with Gasteiger partial charge < -0.3 is 23.8 Å². The van der Waals surface area contributed by atoms with E-state index in [0.29, 0.717) is 45.2 Å². The Labute approximate surface area is 379 Å². The van der Waals surface area contributed by atoms with E-state index in [1.807, 2.05) is 20.2 Å². The van der Waals surface area contributed by atoms with Crippen molar-refractivity contribution in [3.05, 3.63) is 36.5 Å². The first kappa shape index (κ1) is 59.0. The number of nitrogens with zero attached hydrogens (tertiary/aromatic N) is 1. The summed E-state index contributed by atoms with van der Waals surface area (Å²) in [5, 5.41) is 0. The number of unbranched alkanes of at least 4 members (excludes halogenated alkanes) is 24. The van der Waals surface area contributed by atoms with E-state index < -0.39 is 0 Å². The van der Waals surface area contributed by atoms with Crippen LogP contribution in [-0.2, 0) is 28.5 Å². The summed E-state index contributed by atoms with van der Waals surface area (Å²) in [6.45, 7) is 9.78. The van der Waals surface area contributed by atoms with Crippen LogP contribution in [0.3, 0.4) is 0 Å². The lowest BCUT2D eigenvalue weighted by molar-refractivity contribution is -0.145. The third-order valence-corrected chi connectivity index (χ3v) is 11.5. The molecule has 0 radical (unpaired) electrons. The molecule has 0 aromatic heterocycles. The largest absolute Gasteiger partial charge is 0.465 e. The molecule has 0 aromatic carbocycles. The smallest absolute Gasteiger partial charge is 0.309 e. The van der Waals surface area contributed by atoms with Crippen molar-refractivity contribution in [1.82, 2.24) is 4.90 Å². The molecule has 0 N–H and O–H groups in total. The second kappa shape index (κ2) is 49.1. The average Bonchev–Trinajstić information content (AvgIpc) is 3.24. The highest BCUT2D eigenvalue weighted by Crippen LogP contribution is 2.23. The minimum atomic E-state index is -0.132. The maximum Gasteiger partial charge on any atom is 0.309 e. The first-order valence-electron chi connectivity index (χ1n) is 26.1. The van der Waals surface area contributed by atoms with Gasteiger partial charge in [-0.05, 0) is 90.6 Å². The Morgan fingerprint density at radius 3 is 1.36 bits per heavy atom. The van der Waals surface area contributed by atoms with Crippen molar-refractivity contribution in [3.63, 3.8) is 0 Å². The van der Waals surface area contributed by atoms with Gasteiger partial charge in [-0.3, -0.25) is 9.59 Å². The van der Waals surface area contributed by atoms with Gasteiger partial charge in [0, 0.05) is 13.0 Å². The van der Waals surface area contributed by atoms with Gasteiger partial charge in [-0.25, -0.2) is 0 Å². The third-order valence-electron chi connectivity index (χ3n) is 11.5. The lowest BCUT2D eigenvalue weighted by Crippen LogP contribution is -2.21. The summed E-state index contributed by atoms with van der Waals surface area (Å²) in [7, 11) is 4.02. The van der Waals surface area contributed by atoms with Crippen LogP contribution in [0.5, 0.6) is 0 Å². The van der Waals surface area contributed by atoms with Crippen molar-refractivity contribution in [2.45, 2.75) is 245 Å². The van der Waals surface area contributed by atoms with Crippen LogP contribution in [-0.4, -0.2) is 70.2 Å². The number of hydrogen-bond donors (Lipinski definition) is 0. The van der Waals surface area contributed by atoms with E-state index in [0.717, 1.165) is 64.3 Å². The molecule has 0 saturated carbocycles. The molecule has 7 nitrogen and oxygen atoms in total. The number of esters is 2. The van der Waals surface area contributed by atoms with Gasteiger partial charge in [0.1, 0.15) is 6.61 Å². The molecule has 61 heavy (non-hydrogen) atoms. The molecular formula is C54H101NO6. The number of hydrogen-bond acceptors (Lipinski definition) is 7. The van der Waals surface area contributed by atoms with Crippen molar-refractivity contribution in [2.24, 2.45) is 5.92 Å². The highest BCUT2D eigenvalue weighted by molar-refractivity contribution is 5.71. The number of carbonyl (C=O) groups excluding carboxylic acids is 2. The minimum Gasteiger partial charge on any atom is -0.465 e. The number of ether oxygens (including phenoxy) is 4. The minimum absolute atomic E-state index is 0.0282. The highest BCUT2D eigenvalue weighted by atomic mass is 16.7. The molecular weight excluding hydrogens is 759 g/mol. The lowest BCUT2D eigenvalue weighted by atomic mass is 9.91. The van der Waals surface area contributed by atoms with Crippen LogP contribution in [0.4, 0.5) is 0 Å². The van der Waals surface area contributed by atoms with Crippen LogP contribution in [0.1, 0.15) is 239 Å². The number of allylic oxidation sites excluding steroid dienone is 3.